The average Bonchev–Trinajstić information content (AvgIpc) is 3.38. The minimum Gasteiger partial charge on any atom is -0.429 e. The summed E-state index contributed by atoms with van der Waals surface area (Å²) in [6.45, 7) is 12.3. The summed E-state index contributed by atoms with van der Waals surface area (Å²) in [5, 5.41) is 0. The highest BCUT2D eigenvalue weighted by atomic mass is 28.4. The average molecular weight is 493 g/mol. The number of carbonyl (C=O) groups is 1. The topological polar surface area (TPSA) is 44.8 Å². The molecule has 0 heterocycles. The highest BCUT2D eigenvalue weighted by molar-refractivity contribution is 6.69. The van der Waals surface area contributed by atoms with Crippen LogP contribution in [0, 0.1) is 41.4 Å². The van der Waals surface area contributed by atoms with Crippen LogP contribution in [0.25, 0.3) is 0 Å². The smallest absolute Gasteiger partial charge is 0.429 e. The van der Waals surface area contributed by atoms with Gasteiger partial charge in [-0.3, -0.25) is 0 Å². The second-order valence-corrected chi connectivity index (χ2v) is 17.6. The quantitative estimate of drug-likeness (QED) is 0.232. The molecule has 0 aromatic rings. The zero-order valence-electron chi connectivity index (χ0n) is 21.6. The van der Waals surface area contributed by atoms with Gasteiger partial charge >= 0.3 is 12.3 Å². The first-order valence-corrected chi connectivity index (χ1v) is 15.9. The largest absolute Gasteiger partial charge is 0.509 e. The first-order valence-electron chi connectivity index (χ1n) is 12.5. The normalized spacial score (nSPS) is 36.6. The monoisotopic (exact) mass is 492 g/mol. The molecule has 0 spiro atoms. The fourth-order valence-electron chi connectivity index (χ4n) is 7.11. The van der Waals surface area contributed by atoms with E-state index in [-0.39, 0.29) is 12.3 Å². The van der Waals surface area contributed by atoms with Crippen molar-refractivity contribution in [2.75, 3.05) is 7.11 Å². The molecule has 0 amide bonds. The van der Waals surface area contributed by atoms with Crippen LogP contribution in [0.2, 0.25) is 19.6 Å². The first kappa shape index (κ1) is 26.8. The van der Waals surface area contributed by atoms with E-state index in [1.807, 2.05) is 0 Å². The molecule has 0 N–H and O–H groups in total. The Labute approximate surface area is 198 Å². The molecule has 8 heteroatoms. The van der Waals surface area contributed by atoms with Gasteiger partial charge in [-0.1, -0.05) is 0 Å². The van der Waals surface area contributed by atoms with Gasteiger partial charge in [0.25, 0.3) is 0 Å². The highest BCUT2D eigenvalue weighted by Crippen LogP contribution is 2.69. The van der Waals surface area contributed by atoms with Crippen molar-refractivity contribution in [3.63, 3.8) is 0 Å². The molecule has 33 heavy (non-hydrogen) atoms. The molecule has 8 atom stereocenters. The van der Waals surface area contributed by atoms with Gasteiger partial charge < -0.3 is 13.9 Å². The molecule has 0 saturated heterocycles. The minimum absolute atomic E-state index is 0.00957. The Hall–Kier alpha value is -0.763. The molecule has 8 unspecified atom stereocenters. The van der Waals surface area contributed by atoms with Crippen molar-refractivity contribution in [3.05, 3.63) is 0 Å². The maximum absolute atomic E-state index is 13.9. The van der Waals surface area contributed by atoms with Gasteiger partial charge in [-0.25, -0.2) is 4.79 Å². The van der Waals surface area contributed by atoms with Crippen molar-refractivity contribution in [3.8, 4) is 0 Å². The Morgan fingerprint density at radius 1 is 0.879 bits per heavy atom. The number of rotatable bonds is 4. The number of halogens is 3. The molecule has 4 aliphatic carbocycles. The Kier molecular flexibility index (Phi) is 7.34. The number of hydrogen-bond donors (Lipinski definition) is 0. The lowest BCUT2D eigenvalue weighted by molar-refractivity contribution is -0.266. The van der Waals surface area contributed by atoms with E-state index in [4.69, 9.17) is 13.9 Å². The maximum atomic E-state index is 13.9. The van der Waals surface area contributed by atoms with E-state index in [1.165, 1.54) is 19.3 Å². The lowest BCUT2D eigenvalue weighted by atomic mass is 9.65. The van der Waals surface area contributed by atoms with Gasteiger partial charge in [0.05, 0.1) is 0 Å². The molecule has 0 aromatic heterocycles. The summed E-state index contributed by atoms with van der Waals surface area (Å²) in [4.78, 5) is 12.0. The summed E-state index contributed by atoms with van der Waals surface area (Å²) in [5.74, 6) is 3.87. The lowest BCUT2D eigenvalue weighted by Crippen LogP contribution is -2.49. The molecule has 4 aliphatic rings. The van der Waals surface area contributed by atoms with Crippen molar-refractivity contribution in [2.45, 2.75) is 103 Å². The summed E-state index contributed by atoms with van der Waals surface area (Å²) in [6.07, 6.45) is -0.180. The van der Waals surface area contributed by atoms with Crippen LogP contribution >= 0.6 is 0 Å². The number of hydrogen-bond acceptors (Lipinski definition) is 4. The molecule has 0 aromatic carbocycles. The van der Waals surface area contributed by atoms with Gasteiger partial charge in [-0.15, -0.1) is 0 Å². The van der Waals surface area contributed by atoms with Crippen LogP contribution in [0.4, 0.5) is 18.0 Å². The number of alkyl halides is 3. The second-order valence-electron chi connectivity index (χ2n) is 13.0. The van der Waals surface area contributed by atoms with Crippen molar-refractivity contribution in [1.29, 1.82) is 0 Å². The number of fused-ring (bicyclic) bond motifs is 9. The zero-order valence-corrected chi connectivity index (χ0v) is 22.6. The highest BCUT2D eigenvalue weighted by Gasteiger charge is 2.65. The fourth-order valence-corrected chi connectivity index (χ4v) is 7.11. The van der Waals surface area contributed by atoms with E-state index >= 15 is 0 Å². The van der Waals surface area contributed by atoms with Crippen LogP contribution in [-0.2, 0) is 13.9 Å². The van der Waals surface area contributed by atoms with E-state index in [2.05, 4.69) is 19.6 Å². The molecule has 0 aliphatic heterocycles. The molecule has 192 valence electrons. The Bertz CT molecular complexity index is 714. The molecule has 4 fully saturated rings. The van der Waals surface area contributed by atoms with Gasteiger partial charge in [0.15, 0.2) is 8.32 Å². The van der Waals surface area contributed by atoms with E-state index in [0.29, 0.717) is 17.8 Å². The Balaban J connectivity index is 0.000000454. The molecule has 4 bridgehead atoms. The van der Waals surface area contributed by atoms with Gasteiger partial charge in [-0.2, -0.15) is 13.2 Å². The summed E-state index contributed by atoms with van der Waals surface area (Å²) >= 11 is 0. The van der Waals surface area contributed by atoms with Crippen LogP contribution < -0.4 is 0 Å². The number of ether oxygens (including phenoxy) is 2. The van der Waals surface area contributed by atoms with Gasteiger partial charge in [0.2, 0.25) is 5.60 Å². The predicted molar refractivity (Wildman–Crippen MR) is 124 cm³/mol. The van der Waals surface area contributed by atoms with Crippen LogP contribution in [-0.4, -0.2) is 39.0 Å². The number of carbonyl (C=O) groups excluding carboxylic acids is 1. The van der Waals surface area contributed by atoms with Crippen LogP contribution in [0.1, 0.15) is 66.2 Å². The van der Waals surface area contributed by atoms with Gasteiger partial charge in [0.1, 0.15) is 5.60 Å². The Morgan fingerprint density at radius 3 is 1.91 bits per heavy atom. The van der Waals surface area contributed by atoms with Crippen molar-refractivity contribution in [2.24, 2.45) is 41.4 Å². The van der Waals surface area contributed by atoms with Crippen molar-refractivity contribution >= 4 is 14.5 Å². The lowest BCUT2D eigenvalue weighted by Gasteiger charge is -2.42. The summed E-state index contributed by atoms with van der Waals surface area (Å²) in [7, 11) is 0.639. The van der Waals surface area contributed by atoms with Crippen molar-refractivity contribution in [1.82, 2.24) is 0 Å². The van der Waals surface area contributed by atoms with E-state index in [1.54, 1.807) is 27.9 Å². The summed E-state index contributed by atoms with van der Waals surface area (Å²) < 4.78 is 56.7. The molecular formula is C25H43F3O4Si. The predicted octanol–water partition coefficient (Wildman–Crippen LogP) is 7.44. The summed E-state index contributed by atoms with van der Waals surface area (Å²) in [6, 6.07) is 0. The SMILES string of the molecule is CC(C)(C)OC(=O)OC(C)(CC1CC2CC1C1C3CCC(C3)C21)C(F)(F)F.CO[Si](C)(C)C. The molecule has 4 nitrogen and oxygen atoms in total. The van der Waals surface area contributed by atoms with E-state index < -0.39 is 31.9 Å². The van der Waals surface area contributed by atoms with Crippen LogP contribution in [0.3, 0.4) is 0 Å². The molecular weight excluding hydrogens is 449 g/mol. The molecule has 4 rings (SSSR count). The second kappa shape index (κ2) is 9.03. The molecule has 4 saturated carbocycles. The third-order valence-electron chi connectivity index (χ3n) is 8.43. The van der Waals surface area contributed by atoms with Gasteiger partial charge in [-0.05, 0) is 127 Å². The standard InChI is InChI=1S/C21H31F3O3.C4H12OSi/c1-19(2,3)26-18(25)27-20(4,21(22,23)24)10-14-8-13-9-15(14)17-12-6-5-11(7-12)16(13)17;1-5-6(2,3)4/h11-17H,5-10H2,1-4H3;1-4H3. The third kappa shape index (κ3) is 5.91. The minimum atomic E-state index is -4.61. The fraction of sp³-hybridized carbons (Fsp3) is 0.960. The summed E-state index contributed by atoms with van der Waals surface area (Å²) in [5.41, 5.74) is -3.37. The van der Waals surface area contributed by atoms with Crippen LogP contribution in [0.15, 0.2) is 0 Å². The molecule has 0 radical (unpaired) electrons. The Morgan fingerprint density at radius 2 is 1.42 bits per heavy atom. The van der Waals surface area contributed by atoms with E-state index in [0.717, 1.165) is 37.5 Å². The van der Waals surface area contributed by atoms with Gasteiger partial charge in [0, 0.05) is 7.11 Å². The zero-order chi connectivity index (χ0) is 25.0. The van der Waals surface area contributed by atoms with Crippen LogP contribution in [0.5, 0.6) is 0 Å². The van der Waals surface area contributed by atoms with E-state index in [9.17, 15) is 18.0 Å². The maximum Gasteiger partial charge on any atom is 0.509 e. The third-order valence-corrected chi connectivity index (χ3v) is 9.66. The van der Waals surface area contributed by atoms with Crippen molar-refractivity contribution < 1.29 is 31.9 Å². The first-order chi connectivity index (χ1) is 14.9.